The van der Waals surface area contributed by atoms with Gasteiger partial charge in [-0.3, -0.25) is 9.48 Å². The van der Waals surface area contributed by atoms with Crippen LogP contribution < -0.4 is 5.32 Å². The quantitative estimate of drug-likeness (QED) is 0.654. The Bertz CT molecular complexity index is 1210. The summed E-state index contributed by atoms with van der Waals surface area (Å²) in [6, 6.07) is 10.3. The maximum atomic E-state index is 12.6. The van der Waals surface area contributed by atoms with E-state index in [1.54, 1.807) is 4.68 Å². The van der Waals surface area contributed by atoms with Crippen molar-refractivity contribution >= 4 is 26.6 Å². The number of benzene rings is 1. The van der Waals surface area contributed by atoms with Crippen LogP contribution in [0.2, 0.25) is 0 Å². The van der Waals surface area contributed by atoms with Crippen LogP contribution in [-0.4, -0.2) is 46.7 Å². The normalized spacial score (nSPS) is 18.2. The van der Waals surface area contributed by atoms with Crippen LogP contribution in [-0.2, 0) is 27.6 Å². The first kappa shape index (κ1) is 20.7. The number of sulfone groups is 1. The molecular weight excluding hydrogens is 400 g/mol. The number of amides is 1. The molecule has 1 fully saturated rings. The topological polar surface area (TPSA) is 86.0 Å². The van der Waals surface area contributed by atoms with E-state index in [2.05, 4.69) is 40.1 Å². The Morgan fingerprint density at radius 2 is 2.00 bits per heavy atom. The van der Waals surface area contributed by atoms with Gasteiger partial charge in [0.2, 0.25) is 5.91 Å². The van der Waals surface area contributed by atoms with Crippen molar-refractivity contribution in [1.82, 2.24) is 19.7 Å². The largest absolute Gasteiger partial charge is 0.354 e. The summed E-state index contributed by atoms with van der Waals surface area (Å²) < 4.78 is 27.6. The molecule has 30 heavy (non-hydrogen) atoms. The van der Waals surface area contributed by atoms with Crippen LogP contribution in [0.1, 0.15) is 35.1 Å². The van der Waals surface area contributed by atoms with Crippen LogP contribution in [0.4, 0.5) is 0 Å². The minimum absolute atomic E-state index is 0.0473. The lowest BCUT2D eigenvalue weighted by atomic mass is 10.1. The first-order valence-corrected chi connectivity index (χ1v) is 12.1. The van der Waals surface area contributed by atoms with E-state index in [0.29, 0.717) is 19.5 Å². The highest BCUT2D eigenvalue weighted by Gasteiger charge is 2.31. The van der Waals surface area contributed by atoms with E-state index in [9.17, 15) is 13.2 Å². The molecule has 1 aromatic carbocycles. The van der Waals surface area contributed by atoms with Crippen LogP contribution >= 0.6 is 0 Å². The molecule has 0 saturated carbocycles. The van der Waals surface area contributed by atoms with Gasteiger partial charge >= 0.3 is 0 Å². The van der Waals surface area contributed by atoms with Crippen LogP contribution in [0, 0.1) is 20.8 Å². The second-order valence-corrected chi connectivity index (χ2v) is 10.4. The fourth-order valence-corrected chi connectivity index (χ4v) is 6.14. The zero-order valence-corrected chi connectivity index (χ0v) is 18.5. The van der Waals surface area contributed by atoms with Crippen molar-refractivity contribution in [2.24, 2.45) is 0 Å². The number of para-hydroxylation sites is 1. The Morgan fingerprint density at radius 3 is 2.73 bits per heavy atom. The summed E-state index contributed by atoms with van der Waals surface area (Å²) >= 11 is 0. The van der Waals surface area contributed by atoms with Crippen molar-refractivity contribution in [3.8, 4) is 0 Å². The lowest BCUT2D eigenvalue weighted by Gasteiger charge is -2.12. The van der Waals surface area contributed by atoms with Gasteiger partial charge in [-0.25, -0.2) is 8.42 Å². The molecule has 8 heteroatoms. The SMILES string of the molecule is Cc1nn(C2CCS(=O)(=O)C2)c(C)c1CC(=O)NCCn1c(C)cc2ccccc21. The van der Waals surface area contributed by atoms with Crippen molar-refractivity contribution in [2.75, 3.05) is 18.1 Å². The second-order valence-electron chi connectivity index (χ2n) is 8.17. The molecule has 1 N–H and O–H groups in total. The Hall–Kier alpha value is -2.61. The lowest BCUT2D eigenvalue weighted by Crippen LogP contribution is -2.29. The third-order valence-corrected chi connectivity index (χ3v) is 7.79. The zero-order valence-electron chi connectivity index (χ0n) is 17.7. The van der Waals surface area contributed by atoms with Gasteiger partial charge in [0.15, 0.2) is 9.84 Å². The Balaban J connectivity index is 1.39. The van der Waals surface area contributed by atoms with Crippen molar-refractivity contribution in [3.05, 3.63) is 53.0 Å². The maximum Gasteiger partial charge on any atom is 0.224 e. The standard InChI is InChI=1S/C22H28N4O3S/c1-15-12-18-6-4-5-7-21(18)25(15)10-9-23-22(27)13-20-16(2)24-26(17(20)3)19-8-11-30(28,29)14-19/h4-7,12,19H,8-11,13-14H2,1-3H3,(H,23,27). The predicted molar refractivity (Wildman–Crippen MR) is 117 cm³/mol. The number of rotatable bonds is 6. The maximum absolute atomic E-state index is 12.6. The summed E-state index contributed by atoms with van der Waals surface area (Å²) in [6.45, 7) is 7.13. The van der Waals surface area contributed by atoms with E-state index in [-0.39, 0.29) is 29.9 Å². The van der Waals surface area contributed by atoms with Crippen LogP contribution in [0.25, 0.3) is 10.9 Å². The van der Waals surface area contributed by atoms with Gasteiger partial charge in [-0.2, -0.15) is 5.10 Å². The molecule has 1 unspecified atom stereocenters. The second kappa shape index (κ2) is 7.91. The smallest absolute Gasteiger partial charge is 0.224 e. The van der Waals surface area contributed by atoms with E-state index in [4.69, 9.17) is 0 Å². The van der Waals surface area contributed by atoms with Crippen LogP contribution in [0.15, 0.2) is 30.3 Å². The highest BCUT2D eigenvalue weighted by atomic mass is 32.2. The molecular formula is C22H28N4O3S. The molecule has 1 aliphatic rings. The number of nitrogens with zero attached hydrogens (tertiary/aromatic N) is 3. The fourth-order valence-electron chi connectivity index (χ4n) is 4.45. The number of carbonyl (C=O) groups excluding carboxylic acids is 1. The van der Waals surface area contributed by atoms with Crippen molar-refractivity contribution in [2.45, 2.75) is 46.2 Å². The zero-order chi connectivity index (χ0) is 21.5. The molecule has 0 spiro atoms. The van der Waals surface area contributed by atoms with Gasteiger partial charge < -0.3 is 9.88 Å². The average Bonchev–Trinajstić information content (AvgIpc) is 3.30. The molecule has 160 valence electrons. The van der Waals surface area contributed by atoms with E-state index in [0.717, 1.165) is 17.0 Å². The average molecular weight is 429 g/mol. The lowest BCUT2D eigenvalue weighted by molar-refractivity contribution is -0.120. The molecule has 1 amide bonds. The summed E-state index contributed by atoms with van der Waals surface area (Å²) in [5.74, 6) is 0.290. The third-order valence-electron chi connectivity index (χ3n) is 6.04. The molecule has 0 radical (unpaired) electrons. The summed E-state index contributed by atoms with van der Waals surface area (Å²) in [6.07, 6.45) is 0.836. The molecule has 4 rings (SSSR count). The number of aromatic nitrogens is 3. The summed E-state index contributed by atoms with van der Waals surface area (Å²) in [5, 5.41) is 8.76. The summed E-state index contributed by atoms with van der Waals surface area (Å²) in [7, 11) is -2.98. The highest BCUT2D eigenvalue weighted by molar-refractivity contribution is 7.91. The van der Waals surface area contributed by atoms with Crippen molar-refractivity contribution in [1.29, 1.82) is 0 Å². The summed E-state index contributed by atoms with van der Waals surface area (Å²) in [5.41, 5.74) is 4.91. The molecule has 1 atom stereocenters. The minimum Gasteiger partial charge on any atom is -0.354 e. The minimum atomic E-state index is -2.98. The van der Waals surface area contributed by atoms with E-state index in [1.807, 2.05) is 26.0 Å². The van der Waals surface area contributed by atoms with Gasteiger partial charge in [0.05, 0.1) is 29.7 Å². The van der Waals surface area contributed by atoms with Gasteiger partial charge in [-0.15, -0.1) is 0 Å². The van der Waals surface area contributed by atoms with E-state index >= 15 is 0 Å². The molecule has 0 bridgehead atoms. The molecule has 3 aromatic rings. The molecule has 1 saturated heterocycles. The molecule has 7 nitrogen and oxygen atoms in total. The van der Waals surface area contributed by atoms with Crippen molar-refractivity contribution in [3.63, 3.8) is 0 Å². The Kier molecular flexibility index (Phi) is 5.44. The fraction of sp³-hybridized carbons (Fsp3) is 0.455. The van der Waals surface area contributed by atoms with E-state index in [1.165, 1.54) is 16.6 Å². The first-order chi connectivity index (χ1) is 14.2. The number of hydrogen-bond acceptors (Lipinski definition) is 4. The Morgan fingerprint density at radius 1 is 1.23 bits per heavy atom. The molecule has 0 aliphatic carbocycles. The summed E-state index contributed by atoms with van der Waals surface area (Å²) in [4.78, 5) is 12.6. The van der Waals surface area contributed by atoms with E-state index < -0.39 is 9.84 Å². The molecule has 2 aromatic heterocycles. The third kappa shape index (κ3) is 4.01. The van der Waals surface area contributed by atoms with Gasteiger partial charge in [0.25, 0.3) is 0 Å². The number of hydrogen-bond donors (Lipinski definition) is 1. The number of nitrogens with one attached hydrogen (secondary N) is 1. The highest BCUT2D eigenvalue weighted by Crippen LogP contribution is 2.27. The molecule has 1 aliphatic heterocycles. The number of carbonyl (C=O) groups is 1. The monoisotopic (exact) mass is 428 g/mol. The van der Waals surface area contributed by atoms with Gasteiger partial charge in [0.1, 0.15) is 0 Å². The Labute approximate surface area is 177 Å². The van der Waals surface area contributed by atoms with Gasteiger partial charge in [-0.05, 0) is 44.7 Å². The van der Waals surface area contributed by atoms with Gasteiger partial charge in [0, 0.05) is 35.6 Å². The van der Waals surface area contributed by atoms with Crippen LogP contribution in [0.5, 0.6) is 0 Å². The predicted octanol–water partition coefficient (Wildman–Crippen LogP) is 2.48. The van der Waals surface area contributed by atoms with Crippen molar-refractivity contribution < 1.29 is 13.2 Å². The first-order valence-electron chi connectivity index (χ1n) is 10.3. The van der Waals surface area contributed by atoms with Gasteiger partial charge in [-0.1, -0.05) is 18.2 Å². The molecule has 3 heterocycles. The van der Waals surface area contributed by atoms with Crippen LogP contribution in [0.3, 0.4) is 0 Å². The number of aryl methyl sites for hydroxylation is 2. The number of fused-ring (bicyclic) bond motifs is 1.